The van der Waals surface area contributed by atoms with Gasteiger partial charge in [-0.3, -0.25) is 10.1 Å². The average molecular weight is 218 g/mol. The van der Waals surface area contributed by atoms with E-state index in [1.165, 1.54) is 17.1 Å². The van der Waals surface area contributed by atoms with Crippen molar-refractivity contribution in [2.75, 3.05) is 12.9 Å². The van der Waals surface area contributed by atoms with E-state index in [0.717, 1.165) is 19.3 Å². The molecular formula is C8H18N4OS. The third kappa shape index (κ3) is 2.60. The number of hydrogen-bond acceptors (Lipinski definition) is 5. The first kappa shape index (κ1) is 11.8. The molecule has 1 rings (SSSR count). The summed E-state index contributed by atoms with van der Waals surface area (Å²) in [5.41, 5.74) is 0. The molecule has 14 heavy (non-hydrogen) atoms. The second kappa shape index (κ2) is 5.55. The van der Waals surface area contributed by atoms with E-state index >= 15 is 0 Å². The second-order valence-corrected chi connectivity index (χ2v) is 4.06. The van der Waals surface area contributed by atoms with Crippen LogP contribution in [0, 0.1) is 0 Å². The van der Waals surface area contributed by atoms with Crippen LogP contribution in [0.1, 0.15) is 26.2 Å². The van der Waals surface area contributed by atoms with E-state index in [-0.39, 0.29) is 11.9 Å². The number of carbonyl (C=O) groups is 1. The van der Waals surface area contributed by atoms with E-state index in [1.807, 2.05) is 6.26 Å². The Labute approximate surface area is 89.1 Å². The van der Waals surface area contributed by atoms with Crippen LogP contribution in [-0.4, -0.2) is 34.4 Å². The van der Waals surface area contributed by atoms with Gasteiger partial charge in [0.25, 0.3) is 5.91 Å². The molecule has 82 valence electrons. The van der Waals surface area contributed by atoms with E-state index in [2.05, 4.69) is 12.2 Å². The lowest BCUT2D eigenvalue weighted by Crippen LogP contribution is -2.63. The van der Waals surface area contributed by atoms with Gasteiger partial charge in [0.2, 0.25) is 0 Å². The van der Waals surface area contributed by atoms with Crippen LogP contribution in [-0.2, 0) is 4.79 Å². The molecule has 1 unspecified atom stereocenters. The Balaban J connectivity index is 2.46. The predicted molar refractivity (Wildman–Crippen MR) is 57.7 cm³/mol. The molecule has 6 heteroatoms. The minimum atomic E-state index is -0.108. The number of rotatable bonds is 4. The fourth-order valence-corrected chi connectivity index (χ4v) is 1.87. The lowest BCUT2D eigenvalue weighted by atomic mass is 10.1. The van der Waals surface area contributed by atoms with Gasteiger partial charge >= 0.3 is 0 Å². The molecule has 0 aromatic carbocycles. The summed E-state index contributed by atoms with van der Waals surface area (Å²) in [7, 11) is 0. The van der Waals surface area contributed by atoms with E-state index in [0.29, 0.717) is 6.67 Å². The van der Waals surface area contributed by atoms with Crippen LogP contribution in [0.15, 0.2) is 0 Å². The number of carbonyl (C=O) groups excluding carboxylic acids is 1. The van der Waals surface area contributed by atoms with Gasteiger partial charge in [0.1, 0.15) is 0 Å². The molecule has 3 N–H and O–H groups in total. The molecule has 0 radical (unpaired) electrons. The molecule has 1 amide bonds. The van der Waals surface area contributed by atoms with Gasteiger partial charge in [0.05, 0.1) is 12.7 Å². The van der Waals surface area contributed by atoms with Gasteiger partial charge in [-0.15, -0.1) is 4.41 Å². The average Bonchev–Trinajstić information content (AvgIpc) is 2.20. The Morgan fingerprint density at radius 1 is 1.71 bits per heavy atom. The number of hydrazine groups is 2. The predicted octanol–water partition coefficient (Wildman–Crippen LogP) is 0.303. The van der Waals surface area contributed by atoms with Crippen molar-refractivity contribution in [2.45, 2.75) is 32.2 Å². The summed E-state index contributed by atoms with van der Waals surface area (Å²) in [6.07, 6.45) is 4.91. The number of nitrogens with zero attached hydrogens (tertiary/aromatic N) is 2. The fraction of sp³-hybridized carbons (Fsp3) is 0.875. The summed E-state index contributed by atoms with van der Waals surface area (Å²) in [6.45, 7) is 2.74. The Bertz CT molecular complexity index is 202. The Hall–Kier alpha value is -0.300. The number of nitrogens with one attached hydrogen (secondary N) is 1. The number of amides is 1. The molecule has 1 fully saturated rings. The molecule has 5 nitrogen and oxygen atoms in total. The van der Waals surface area contributed by atoms with Crippen LogP contribution in [0.5, 0.6) is 0 Å². The van der Waals surface area contributed by atoms with Crippen molar-refractivity contribution < 1.29 is 4.79 Å². The molecule has 0 saturated carbocycles. The maximum atomic E-state index is 11.7. The maximum Gasteiger partial charge on any atom is 0.269 e. The highest BCUT2D eigenvalue weighted by molar-refractivity contribution is 7.96. The van der Waals surface area contributed by atoms with Gasteiger partial charge in [-0.25, -0.2) is 5.84 Å². The highest BCUT2D eigenvalue weighted by atomic mass is 32.2. The molecule has 1 heterocycles. The summed E-state index contributed by atoms with van der Waals surface area (Å²) in [4.78, 5) is 11.7. The summed E-state index contributed by atoms with van der Waals surface area (Å²) in [5, 5.41) is 4.38. The molecule has 0 aliphatic carbocycles. The molecule has 0 bridgehead atoms. The Morgan fingerprint density at radius 3 is 3.00 bits per heavy atom. The maximum absolute atomic E-state index is 11.7. The van der Waals surface area contributed by atoms with Gasteiger partial charge in [-0.1, -0.05) is 31.7 Å². The minimum Gasteiger partial charge on any atom is -0.291 e. The number of nitrogens with two attached hydrogens (primary N) is 1. The Morgan fingerprint density at radius 2 is 2.43 bits per heavy atom. The lowest BCUT2D eigenvalue weighted by molar-refractivity contribution is -0.149. The SMILES string of the molecule is CCCCC1NCN(SC)N(N)C1=O. The minimum absolute atomic E-state index is 0.0425. The van der Waals surface area contributed by atoms with Crippen molar-refractivity contribution >= 4 is 17.9 Å². The van der Waals surface area contributed by atoms with Crippen molar-refractivity contribution in [2.24, 2.45) is 5.84 Å². The zero-order valence-corrected chi connectivity index (χ0v) is 9.51. The first-order valence-corrected chi connectivity index (χ1v) is 6.02. The van der Waals surface area contributed by atoms with Crippen molar-refractivity contribution in [3.8, 4) is 0 Å². The van der Waals surface area contributed by atoms with Crippen molar-refractivity contribution in [1.82, 2.24) is 14.8 Å². The monoisotopic (exact) mass is 218 g/mol. The number of unbranched alkanes of at least 4 members (excludes halogenated alkanes) is 1. The van der Waals surface area contributed by atoms with Crippen LogP contribution >= 0.6 is 11.9 Å². The summed E-state index contributed by atoms with van der Waals surface area (Å²) < 4.78 is 1.70. The normalized spacial score (nSPS) is 24.4. The van der Waals surface area contributed by atoms with Crippen molar-refractivity contribution in [3.63, 3.8) is 0 Å². The van der Waals surface area contributed by atoms with E-state index in [9.17, 15) is 4.79 Å². The summed E-state index contributed by atoms with van der Waals surface area (Å²) in [5.74, 6) is 5.60. The zero-order chi connectivity index (χ0) is 10.6. The molecule has 1 aliphatic rings. The van der Waals surface area contributed by atoms with Gasteiger partial charge in [0, 0.05) is 0 Å². The fourth-order valence-electron chi connectivity index (χ4n) is 1.41. The standard InChI is InChI=1S/C8H18N4OS/c1-3-4-5-7-8(13)12(9)11(14-2)6-10-7/h7,10H,3-6,9H2,1-2H3. The Kier molecular flexibility index (Phi) is 4.67. The zero-order valence-electron chi connectivity index (χ0n) is 8.69. The van der Waals surface area contributed by atoms with Gasteiger partial charge in [0.15, 0.2) is 0 Å². The molecule has 1 aliphatic heterocycles. The second-order valence-electron chi connectivity index (χ2n) is 3.27. The van der Waals surface area contributed by atoms with Crippen LogP contribution in [0.3, 0.4) is 0 Å². The van der Waals surface area contributed by atoms with Gasteiger partial charge < -0.3 is 0 Å². The molecule has 1 atom stereocenters. The van der Waals surface area contributed by atoms with E-state index < -0.39 is 0 Å². The topological polar surface area (TPSA) is 61.6 Å². The summed E-state index contributed by atoms with van der Waals surface area (Å²) in [6, 6.07) is -0.108. The van der Waals surface area contributed by atoms with Crippen LogP contribution < -0.4 is 11.2 Å². The molecule has 1 saturated heterocycles. The van der Waals surface area contributed by atoms with E-state index in [1.54, 1.807) is 4.41 Å². The van der Waals surface area contributed by atoms with Gasteiger partial charge in [-0.05, 0) is 12.7 Å². The number of hydrogen-bond donors (Lipinski definition) is 2. The van der Waals surface area contributed by atoms with Gasteiger partial charge in [-0.2, -0.15) is 5.12 Å². The molecular weight excluding hydrogens is 200 g/mol. The first-order chi connectivity index (χ1) is 6.70. The molecule has 0 spiro atoms. The summed E-state index contributed by atoms with van der Waals surface area (Å²) >= 11 is 1.43. The third-order valence-electron chi connectivity index (χ3n) is 2.29. The highest BCUT2D eigenvalue weighted by Gasteiger charge is 2.30. The van der Waals surface area contributed by atoms with Crippen LogP contribution in [0.2, 0.25) is 0 Å². The van der Waals surface area contributed by atoms with E-state index in [4.69, 9.17) is 5.84 Å². The lowest BCUT2D eigenvalue weighted by Gasteiger charge is -2.37. The third-order valence-corrected chi connectivity index (χ3v) is 3.02. The van der Waals surface area contributed by atoms with Crippen molar-refractivity contribution in [1.29, 1.82) is 0 Å². The quantitative estimate of drug-likeness (QED) is 0.404. The largest absolute Gasteiger partial charge is 0.291 e. The highest BCUT2D eigenvalue weighted by Crippen LogP contribution is 2.14. The van der Waals surface area contributed by atoms with Crippen molar-refractivity contribution in [3.05, 3.63) is 0 Å². The molecule has 0 aromatic heterocycles. The molecule has 0 aromatic rings. The smallest absolute Gasteiger partial charge is 0.269 e. The van der Waals surface area contributed by atoms with Crippen LogP contribution in [0.25, 0.3) is 0 Å². The van der Waals surface area contributed by atoms with Crippen LogP contribution in [0.4, 0.5) is 0 Å². The first-order valence-electron chi connectivity index (χ1n) is 4.84.